The lowest BCUT2D eigenvalue weighted by molar-refractivity contribution is -0.111. The molecular formula is C20H16N2O4. The Morgan fingerprint density at radius 1 is 1.15 bits per heavy atom. The molecule has 0 radical (unpaired) electrons. The summed E-state index contributed by atoms with van der Waals surface area (Å²) in [4.78, 5) is 16.5. The topological polar surface area (TPSA) is 69.7 Å². The van der Waals surface area contributed by atoms with Crippen molar-refractivity contribution in [1.29, 1.82) is 0 Å². The first-order chi connectivity index (χ1) is 12.7. The molecule has 6 nitrogen and oxygen atoms in total. The van der Waals surface area contributed by atoms with Crippen molar-refractivity contribution in [2.24, 2.45) is 0 Å². The number of benzene rings is 2. The van der Waals surface area contributed by atoms with Crippen molar-refractivity contribution in [3.63, 3.8) is 0 Å². The van der Waals surface area contributed by atoms with E-state index in [1.165, 1.54) is 6.08 Å². The highest BCUT2D eigenvalue weighted by atomic mass is 16.7. The van der Waals surface area contributed by atoms with Gasteiger partial charge in [0, 0.05) is 17.5 Å². The zero-order chi connectivity index (χ0) is 17.9. The Balaban J connectivity index is 1.46. The number of rotatable bonds is 4. The van der Waals surface area contributed by atoms with Gasteiger partial charge in [-0.15, -0.1) is 0 Å². The van der Waals surface area contributed by atoms with E-state index in [0.717, 1.165) is 22.2 Å². The van der Waals surface area contributed by atoms with Crippen LogP contribution >= 0.6 is 0 Å². The van der Waals surface area contributed by atoms with E-state index in [9.17, 15) is 4.79 Å². The summed E-state index contributed by atoms with van der Waals surface area (Å²) < 4.78 is 15.8. The Hall–Kier alpha value is -3.54. The predicted octanol–water partition coefficient (Wildman–Crippen LogP) is 3.62. The van der Waals surface area contributed by atoms with Crippen LogP contribution in [0, 0.1) is 0 Å². The number of carbonyl (C=O) groups is 1. The first-order valence-electron chi connectivity index (χ1n) is 8.04. The molecule has 1 N–H and O–H groups in total. The van der Waals surface area contributed by atoms with E-state index in [2.05, 4.69) is 10.3 Å². The molecule has 26 heavy (non-hydrogen) atoms. The van der Waals surface area contributed by atoms with Crippen molar-refractivity contribution in [2.75, 3.05) is 19.2 Å². The van der Waals surface area contributed by atoms with E-state index in [1.54, 1.807) is 19.4 Å². The second-order valence-electron chi connectivity index (χ2n) is 5.72. The van der Waals surface area contributed by atoms with Gasteiger partial charge in [0.2, 0.25) is 12.7 Å². The number of hydrogen-bond acceptors (Lipinski definition) is 5. The minimum absolute atomic E-state index is 0.226. The van der Waals surface area contributed by atoms with Crippen LogP contribution < -0.4 is 19.5 Å². The van der Waals surface area contributed by atoms with Crippen LogP contribution in [0.3, 0.4) is 0 Å². The molecule has 0 saturated heterocycles. The van der Waals surface area contributed by atoms with E-state index in [4.69, 9.17) is 14.2 Å². The van der Waals surface area contributed by atoms with Crippen LogP contribution in [0.2, 0.25) is 0 Å². The smallest absolute Gasteiger partial charge is 0.248 e. The van der Waals surface area contributed by atoms with Crippen molar-refractivity contribution in [2.45, 2.75) is 0 Å². The third-order valence-electron chi connectivity index (χ3n) is 3.98. The summed E-state index contributed by atoms with van der Waals surface area (Å²) in [5, 5.41) is 3.73. The summed E-state index contributed by atoms with van der Waals surface area (Å²) in [7, 11) is 1.61. The fourth-order valence-electron chi connectivity index (χ4n) is 2.67. The monoisotopic (exact) mass is 348 g/mol. The molecule has 1 aliphatic heterocycles. The Labute approximate surface area is 150 Å². The number of aromatic nitrogens is 1. The maximum atomic E-state index is 12.2. The number of anilines is 1. The van der Waals surface area contributed by atoms with Crippen molar-refractivity contribution in [3.8, 4) is 17.2 Å². The summed E-state index contributed by atoms with van der Waals surface area (Å²) in [6.07, 6.45) is 4.81. The number of amides is 1. The largest absolute Gasteiger partial charge is 0.497 e. The normalized spacial score (nSPS) is 12.5. The fourth-order valence-corrected chi connectivity index (χ4v) is 2.67. The van der Waals surface area contributed by atoms with Gasteiger partial charge in [-0.3, -0.25) is 9.78 Å². The fraction of sp³-hybridized carbons (Fsp3) is 0.100. The van der Waals surface area contributed by atoms with Gasteiger partial charge in [-0.1, -0.05) is 6.07 Å². The molecule has 0 saturated carbocycles. The van der Waals surface area contributed by atoms with Crippen molar-refractivity contribution < 1.29 is 19.0 Å². The van der Waals surface area contributed by atoms with E-state index >= 15 is 0 Å². The van der Waals surface area contributed by atoms with Gasteiger partial charge in [0.25, 0.3) is 0 Å². The number of ether oxygens (including phenoxy) is 3. The van der Waals surface area contributed by atoms with Crippen LogP contribution in [-0.2, 0) is 4.79 Å². The summed E-state index contributed by atoms with van der Waals surface area (Å²) in [6, 6.07) is 13.0. The molecule has 1 amide bonds. The minimum Gasteiger partial charge on any atom is -0.497 e. The molecule has 0 spiro atoms. The summed E-state index contributed by atoms with van der Waals surface area (Å²) in [5.41, 5.74) is 2.29. The second-order valence-corrected chi connectivity index (χ2v) is 5.72. The van der Waals surface area contributed by atoms with E-state index < -0.39 is 0 Å². The molecule has 0 unspecified atom stereocenters. The van der Waals surface area contributed by atoms with Gasteiger partial charge in [-0.05, 0) is 42.0 Å². The van der Waals surface area contributed by atoms with Crippen LogP contribution in [0.15, 0.2) is 54.7 Å². The van der Waals surface area contributed by atoms with Gasteiger partial charge in [0.15, 0.2) is 11.5 Å². The van der Waals surface area contributed by atoms with Gasteiger partial charge in [0.1, 0.15) is 5.75 Å². The van der Waals surface area contributed by atoms with Crippen LogP contribution in [-0.4, -0.2) is 24.8 Å². The molecule has 0 aliphatic carbocycles. The standard InChI is InChI=1S/C20H16N2O4/c1-24-16-5-4-14-9-15(11-21-17(14)10-16)22-20(23)7-3-13-2-6-18-19(8-13)26-12-25-18/h2-11H,12H2,1H3,(H,22,23)/b7-3+. The molecule has 0 bridgehead atoms. The lowest BCUT2D eigenvalue weighted by Crippen LogP contribution is -2.07. The maximum Gasteiger partial charge on any atom is 0.248 e. The lowest BCUT2D eigenvalue weighted by Gasteiger charge is -2.05. The molecule has 130 valence electrons. The minimum atomic E-state index is -0.239. The highest BCUT2D eigenvalue weighted by Gasteiger charge is 2.12. The molecule has 1 aromatic heterocycles. The zero-order valence-corrected chi connectivity index (χ0v) is 14.1. The van der Waals surface area contributed by atoms with Gasteiger partial charge in [-0.25, -0.2) is 0 Å². The van der Waals surface area contributed by atoms with Gasteiger partial charge < -0.3 is 19.5 Å². The number of methoxy groups -OCH3 is 1. The van der Waals surface area contributed by atoms with Crippen LogP contribution in [0.1, 0.15) is 5.56 Å². The van der Waals surface area contributed by atoms with Gasteiger partial charge in [0.05, 0.1) is 24.5 Å². The first-order valence-corrected chi connectivity index (χ1v) is 8.04. The quantitative estimate of drug-likeness (QED) is 0.729. The Bertz CT molecular complexity index is 1010. The third kappa shape index (κ3) is 3.30. The Morgan fingerprint density at radius 3 is 2.92 bits per heavy atom. The molecule has 4 rings (SSSR count). The molecule has 0 fully saturated rings. The third-order valence-corrected chi connectivity index (χ3v) is 3.98. The predicted molar refractivity (Wildman–Crippen MR) is 98.5 cm³/mol. The number of nitrogens with one attached hydrogen (secondary N) is 1. The second kappa shape index (κ2) is 6.76. The molecule has 2 heterocycles. The average molecular weight is 348 g/mol. The maximum absolute atomic E-state index is 12.2. The molecule has 0 atom stereocenters. The lowest BCUT2D eigenvalue weighted by atomic mass is 10.2. The summed E-state index contributed by atoms with van der Waals surface area (Å²) in [6.45, 7) is 0.226. The number of carbonyl (C=O) groups excluding carboxylic acids is 1. The molecule has 1 aliphatic rings. The van der Waals surface area contributed by atoms with E-state index in [-0.39, 0.29) is 12.7 Å². The van der Waals surface area contributed by atoms with Crippen LogP contribution in [0.5, 0.6) is 17.2 Å². The Kier molecular flexibility index (Phi) is 4.15. The average Bonchev–Trinajstić information content (AvgIpc) is 3.13. The molecule has 6 heteroatoms. The van der Waals surface area contributed by atoms with Crippen molar-refractivity contribution >= 4 is 28.6 Å². The highest BCUT2D eigenvalue weighted by Crippen LogP contribution is 2.32. The van der Waals surface area contributed by atoms with E-state index in [0.29, 0.717) is 17.2 Å². The summed E-state index contributed by atoms with van der Waals surface area (Å²) >= 11 is 0. The molecular weight excluding hydrogens is 332 g/mol. The number of hydrogen-bond donors (Lipinski definition) is 1. The molecule has 3 aromatic rings. The van der Waals surface area contributed by atoms with Crippen molar-refractivity contribution in [3.05, 3.63) is 60.3 Å². The summed E-state index contributed by atoms with van der Waals surface area (Å²) in [5.74, 6) is 1.90. The van der Waals surface area contributed by atoms with Crippen LogP contribution in [0.4, 0.5) is 5.69 Å². The first kappa shape index (κ1) is 16.0. The zero-order valence-electron chi connectivity index (χ0n) is 14.1. The number of fused-ring (bicyclic) bond motifs is 2. The van der Waals surface area contributed by atoms with Gasteiger partial charge >= 0.3 is 0 Å². The van der Waals surface area contributed by atoms with E-state index in [1.807, 2.05) is 42.5 Å². The molecule has 2 aromatic carbocycles. The number of pyridine rings is 1. The number of nitrogens with zero attached hydrogens (tertiary/aromatic N) is 1. The highest BCUT2D eigenvalue weighted by molar-refractivity contribution is 6.02. The van der Waals surface area contributed by atoms with Crippen molar-refractivity contribution in [1.82, 2.24) is 4.98 Å². The Morgan fingerprint density at radius 2 is 2.04 bits per heavy atom. The van der Waals surface area contributed by atoms with Gasteiger partial charge in [-0.2, -0.15) is 0 Å². The van der Waals surface area contributed by atoms with Crippen LogP contribution in [0.25, 0.3) is 17.0 Å². The SMILES string of the molecule is COc1ccc2cc(NC(=O)/C=C/c3ccc4c(c3)OCO4)cnc2c1.